The summed E-state index contributed by atoms with van der Waals surface area (Å²) in [4.78, 5) is 36.8. The van der Waals surface area contributed by atoms with Gasteiger partial charge in [-0.25, -0.2) is 8.42 Å². The Bertz CT molecular complexity index is 1100. The highest BCUT2D eigenvalue weighted by molar-refractivity contribution is 7.89. The zero-order valence-electron chi connectivity index (χ0n) is 17.7. The molecule has 0 aromatic heterocycles. The number of ether oxygens (including phenoxy) is 2. The zero-order chi connectivity index (χ0) is 23.3. The Morgan fingerprint density at radius 2 is 1.72 bits per heavy atom. The van der Waals surface area contributed by atoms with Gasteiger partial charge in [0.2, 0.25) is 10.0 Å². The molecule has 1 fully saturated rings. The Balaban J connectivity index is 1.58. The number of imide groups is 1. The van der Waals surface area contributed by atoms with E-state index in [0.29, 0.717) is 12.2 Å². The Hall–Kier alpha value is -3.24. The van der Waals surface area contributed by atoms with Crippen LogP contribution in [0, 0.1) is 6.92 Å². The first-order chi connectivity index (χ1) is 15.2. The number of esters is 1. The van der Waals surface area contributed by atoms with Crippen LogP contribution in [0.3, 0.4) is 0 Å². The van der Waals surface area contributed by atoms with Gasteiger partial charge in [0, 0.05) is 12.1 Å². The molecule has 1 aliphatic heterocycles. The van der Waals surface area contributed by atoms with Crippen LogP contribution < -0.4 is 10.1 Å². The van der Waals surface area contributed by atoms with E-state index in [9.17, 15) is 22.8 Å². The fraction of sp³-hybridized carbons (Fsp3) is 0.318. The number of nitrogens with zero attached hydrogens (tertiary/aromatic N) is 1. The van der Waals surface area contributed by atoms with Gasteiger partial charge in [-0.1, -0.05) is 17.7 Å². The highest BCUT2D eigenvalue weighted by Crippen LogP contribution is 2.27. The van der Waals surface area contributed by atoms with Gasteiger partial charge in [0.15, 0.2) is 6.61 Å². The number of aryl methyl sites for hydroxylation is 1. The van der Waals surface area contributed by atoms with Crippen LogP contribution in [0.4, 0.5) is 0 Å². The quantitative estimate of drug-likeness (QED) is 0.624. The average Bonchev–Trinajstić information content (AvgIpc) is 3.29. The number of carbonyl (C=O) groups is 3. The van der Waals surface area contributed by atoms with Crippen molar-refractivity contribution in [2.45, 2.75) is 30.7 Å². The van der Waals surface area contributed by atoms with Gasteiger partial charge in [0.25, 0.3) is 11.8 Å². The second kappa shape index (κ2) is 9.92. The van der Waals surface area contributed by atoms with Crippen molar-refractivity contribution in [1.82, 2.24) is 9.62 Å². The van der Waals surface area contributed by atoms with Crippen LogP contribution in [0.15, 0.2) is 53.4 Å². The van der Waals surface area contributed by atoms with Crippen molar-refractivity contribution in [3.05, 3.63) is 59.7 Å². The molecule has 0 radical (unpaired) electrons. The van der Waals surface area contributed by atoms with Gasteiger partial charge >= 0.3 is 5.97 Å². The lowest BCUT2D eigenvalue weighted by atomic mass is 10.2. The van der Waals surface area contributed by atoms with Gasteiger partial charge in [-0.05, 0) is 56.2 Å². The molecule has 0 saturated carbocycles. The summed E-state index contributed by atoms with van der Waals surface area (Å²) in [5.41, 5.74) is 1.15. The minimum atomic E-state index is -3.88. The van der Waals surface area contributed by atoms with Crippen molar-refractivity contribution in [2.75, 3.05) is 20.3 Å². The molecule has 0 aliphatic carbocycles. The number of methoxy groups -OCH3 is 1. The van der Waals surface area contributed by atoms with E-state index in [1.54, 1.807) is 24.3 Å². The lowest BCUT2D eigenvalue weighted by Crippen LogP contribution is -2.42. The van der Waals surface area contributed by atoms with E-state index >= 15 is 0 Å². The minimum absolute atomic E-state index is 0.0885. The molecule has 1 heterocycles. The molecule has 2 aromatic carbocycles. The fourth-order valence-corrected chi connectivity index (χ4v) is 4.97. The summed E-state index contributed by atoms with van der Waals surface area (Å²) < 4.78 is 37.0. The van der Waals surface area contributed by atoms with Crippen molar-refractivity contribution < 1.29 is 32.3 Å². The Kier molecular flexibility index (Phi) is 7.26. The molecule has 1 aliphatic rings. The van der Waals surface area contributed by atoms with Gasteiger partial charge < -0.3 is 9.47 Å². The predicted octanol–water partition coefficient (Wildman–Crippen LogP) is 1.66. The molecule has 2 aromatic rings. The fourth-order valence-electron chi connectivity index (χ4n) is 3.32. The van der Waals surface area contributed by atoms with Gasteiger partial charge in [-0.3, -0.25) is 19.7 Å². The molecule has 1 N–H and O–H groups in total. The third kappa shape index (κ3) is 5.32. The number of benzene rings is 2. The summed E-state index contributed by atoms with van der Waals surface area (Å²) in [6.45, 7) is 1.32. The molecule has 9 nitrogen and oxygen atoms in total. The molecule has 0 bridgehead atoms. The van der Waals surface area contributed by atoms with E-state index in [-0.39, 0.29) is 23.4 Å². The van der Waals surface area contributed by atoms with Crippen LogP contribution in [-0.2, 0) is 24.3 Å². The maximum atomic E-state index is 12.9. The van der Waals surface area contributed by atoms with E-state index in [1.165, 1.54) is 31.4 Å². The molecule has 1 saturated heterocycles. The first-order valence-corrected chi connectivity index (χ1v) is 11.4. The first-order valence-electron chi connectivity index (χ1n) is 9.96. The maximum absolute atomic E-state index is 12.9. The average molecular weight is 461 g/mol. The molecule has 2 amide bonds. The molecule has 10 heteroatoms. The number of nitrogens with one attached hydrogen (secondary N) is 1. The van der Waals surface area contributed by atoms with Crippen molar-refractivity contribution in [3.8, 4) is 5.75 Å². The highest BCUT2D eigenvalue weighted by atomic mass is 32.2. The molecule has 0 spiro atoms. The predicted molar refractivity (Wildman–Crippen MR) is 115 cm³/mol. The summed E-state index contributed by atoms with van der Waals surface area (Å²) in [6, 6.07) is 11.4. The summed E-state index contributed by atoms with van der Waals surface area (Å²) in [7, 11) is -2.39. The van der Waals surface area contributed by atoms with Crippen LogP contribution in [-0.4, -0.2) is 56.8 Å². The summed E-state index contributed by atoms with van der Waals surface area (Å²) in [5, 5.41) is 2.12. The largest absolute Gasteiger partial charge is 0.497 e. The first kappa shape index (κ1) is 23.4. The number of hydrogen-bond donors (Lipinski definition) is 1. The van der Waals surface area contributed by atoms with Gasteiger partial charge in [-0.15, -0.1) is 0 Å². The van der Waals surface area contributed by atoms with Crippen molar-refractivity contribution in [3.63, 3.8) is 0 Å². The van der Waals surface area contributed by atoms with Gasteiger partial charge in [0.05, 0.1) is 12.0 Å². The molecular formula is C22H24N2O7S. The third-order valence-corrected chi connectivity index (χ3v) is 6.98. The monoisotopic (exact) mass is 460 g/mol. The molecule has 32 heavy (non-hydrogen) atoms. The maximum Gasteiger partial charge on any atom is 0.324 e. The Labute approximate surface area is 186 Å². The second-order valence-corrected chi connectivity index (χ2v) is 9.19. The Morgan fingerprint density at radius 3 is 2.34 bits per heavy atom. The lowest BCUT2D eigenvalue weighted by molar-refractivity contribution is -0.151. The topological polar surface area (TPSA) is 119 Å². The number of amides is 2. The number of sulfonamides is 1. The van der Waals surface area contributed by atoms with E-state index < -0.39 is 40.5 Å². The van der Waals surface area contributed by atoms with E-state index in [1.807, 2.05) is 6.92 Å². The van der Waals surface area contributed by atoms with Crippen molar-refractivity contribution >= 4 is 27.8 Å². The highest BCUT2D eigenvalue weighted by Gasteiger charge is 2.40. The molecular weight excluding hydrogens is 436 g/mol. The van der Waals surface area contributed by atoms with Crippen LogP contribution in [0.25, 0.3) is 0 Å². The van der Waals surface area contributed by atoms with Crippen molar-refractivity contribution in [1.29, 1.82) is 0 Å². The zero-order valence-corrected chi connectivity index (χ0v) is 18.6. The van der Waals surface area contributed by atoms with Crippen LogP contribution in [0.2, 0.25) is 0 Å². The summed E-state index contributed by atoms with van der Waals surface area (Å²) in [5.74, 6) is -1.74. The van der Waals surface area contributed by atoms with Crippen molar-refractivity contribution in [2.24, 2.45) is 0 Å². The molecule has 170 valence electrons. The van der Waals surface area contributed by atoms with E-state index in [2.05, 4.69) is 5.32 Å². The van der Waals surface area contributed by atoms with Crippen LogP contribution >= 0.6 is 0 Å². The Morgan fingerprint density at radius 1 is 1.06 bits per heavy atom. The van der Waals surface area contributed by atoms with Crippen LogP contribution in [0.1, 0.15) is 28.8 Å². The summed E-state index contributed by atoms with van der Waals surface area (Å²) >= 11 is 0. The lowest BCUT2D eigenvalue weighted by Gasteiger charge is -2.22. The van der Waals surface area contributed by atoms with Crippen LogP contribution in [0.5, 0.6) is 5.75 Å². The minimum Gasteiger partial charge on any atom is -0.497 e. The van der Waals surface area contributed by atoms with Gasteiger partial charge in [0.1, 0.15) is 11.8 Å². The number of carbonyl (C=O) groups excluding carboxylic acids is 3. The number of hydrogen-bond acceptors (Lipinski definition) is 7. The van der Waals surface area contributed by atoms with Gasteiger partial charge in [-0.2, -0.15) is 4.31 Å². The third-order valence-electron chi connectivity index (χ3n) is 5.05. The smallest absolute Gasteiger partial charge is 0.324 e. The van der Waals surface area contributed by atoms with E-state index in [0.717, 1.165) is 9.87 Å². The SMILES string of the molecule is COc1ccc(C(=O)NC(=O)COC(=O)C2CCCN2S(=O)(=O)c2ccc(C)cc2)cc1. The number of rotatable bonds is 7. The molecule has 1 unspecified atom stereocenters. The summed E-state index contributed by atoms with van der Waals surface area (Å²) in [6.07, 6.45) is 0.781. The molecule has 1 atom stereocenters. The van der Waals surface area contributed by atoms with E-state index in [4.69, 9.17) is 9.47 Å². The second-order valence-electron chi connectivity index (χ2n) is 7.30. The molecule has 3 rings (SSSR count). The standard InChI is InChI=1S/C22H24N2O7S/c1-15-5-11-18(12-6-15)32(28,29)24-13-3-4-19(24)22(27)31-14-20(25)23-21(26)16-7-9-17(30-2)10-8-16/h5-12,19H,3-4,13-14H2,1-2H3,(H,23,25,26). The normalized spacial score (nSPS) is 16.4.